The van der Waals surface area contributed by atoms with E-state index >= 15 is 110 Å². The van der Waals surface area contributed by atoms with E-state index in [-0.39, 0.29) is 6.07 Å². The van der Waals surface area contributed by atoms with Crippen LogP contribution in [0.1, 0.15) is 66.5 Å². The normalized spacial score (nSPS) is 12.1. The molecule has 3 aliphatic rings. The van der Waals surface area contributed by atoms with Crippen molar-refractivity contribution in [2.45, 2.75) is 39.3 Å². The molecule has 1 amide bonds. The molecule has 0 radical (unpaired) electrons. The second kappa shape index (κ2) is 36.6. The lowest BCUT2D eigenvalue weighted by Gasteiger charge is -2.14. The van der Waals surface area contributed by atoms with Crippen LogP contribution >= 0.6 is 0 Å². The van der Waals surface area contributed by atoms with Crippen LogP contribution in [0.25, 0.3) is 124 Å². The van der Waals surface area contributed by atoms with Gasteiger partial charge in [-0.2, -0.15) is 0 Å². The van der Waals surface area contributed by atoms with Gasteiger partial charge in [-0.1, -0.05) is 42.5 Å². The monoisotopic (exact) mass is 1940 g/mol. The summed E-state index contributed by atoms with van der Waals surface area (Å²) < 4.78 is 433. The number of hydrogen-bond donors (Lipinski definition) is 3. The van der Waals surface area contributed by atoms with Crippen LogP contribution in [-0.2, 0) is 39.3 Å². The number of pyridine rings is 6. The van der Waals surface area contributed by atoms with E-state index in [2.05, 4.69) is 29.9 Å². The van der Waals surface area contributed by atoms with Gasteiger partial charge in [-0.3, -0.25) is 4.79 Å². The third-order valence-electron chi connectivity index (χ3n) is 23.6. The average Bonchev–Trinajstić information content (AvgIpc) is 1.57. The molecule has 0 atom stereocenters. The first kappa shape index (κ1) is 92.1. The highest BCUT2D eigenvalue weighted by Gasteiger charge is 2.41. The SMILES string of the molecule is O=C1N=c2cc1c(-c1c(F)c(F)c(C[n+]3ccccc3)c(F)c1F)c1ccc([nH]1)c(-c1c(F)c(F)c(C[n+]3ccccc3)c(F)c1F)c1nc(c(-c3c(F)c(F)c(C[n+]4ccccc4)c(F)c3F)c3cc(c(O)[n-]3)c(-c3c(F)c(F)c(C[n+]4ccccc4)c(F)c3F)c3ccc([nH]3)c(-c3c(F)c(F)c(C[n+]4ccccc4)c(F)c3F)c3nc(c2-c2c(F)c(F)c(C[n+]4ccccc4)c(F)c2F)C=C3)C=C1. The molecule has 13 heterocycles. The second-order valence-electron chi connectivity index (χ2n) is 31.9. The van der Waals surface area contributed by atoms with E-state index in [1.165, 1.54) is 184 Å². The van der Waals surface area contributed by atoms with Gasteiger partial charge in [0.15, 0.2) is 253 Å². The maximum Gasteiger partial charge on any atom is 0.278 e. The number of aromatic amines is 2. The molecule has 38 heteroatoms. The van der Waals surface area contributed by atoms with Crippen LogP contribution in [0, 0.1) is 140 Å². The molecule has 0 saturated heterocycles. The molecule has 0 fully saturated rings. The molecule has 16 aromatic rings. The second-order valence-corrected chi connectivity index (χ2v) is 31.9. The summed E-state index contributed by atoms with van der Waals surface area (Å²) in [6.07, 6.45) is 16.5. The molecular formula is C102H55F24N12O2+5. The van der Waals surface area contributed by atoms with Gasteiger partial charge in [-0.25, -0.2) is 148 Å². The molecule has 0 aliphatic carbocycles. The molecular weight excluding hydrogens is 1880 g/mol. The number of carbonyl (C=O) groups is 1. The van der Waals surface area contributed by atoms with E-state index in [9.17, 15) is 5.11 Å². The highest BCUT2D eigenvalue weighted by atomic mass is 19.2. The van der Waals surface area contributed by atoms with E-state index in [0.717, 1.165) is 27.4 Å². The molecule has 3 N–H and O–H groups in total. The van der Waals surface area contributed by atoms with E-state index in [4.69, 9.17) is 0 Å². The molecule has 12 bridgehead atoms. The van der Waals surface area contributed by atoms with Gasteiger partial charge in [0.1, 0.15) is 0 Å². The van der Waals surface area contributed by atoms with Crippen LogP contribution in [0.3, 0.4) is 0 Å². The fourth-order valence-corrected chi connectivity index (χ4v) is 17.0. The summed E-state index contributed by atoms with van der Waals surface area (Å²) in [6.45, 7) is -6.23. The lowest BCUT2D eigenvalue weighted by molar-refractivity contribution is -0.689. The number of fused-ring (bicyclic) bond motifs is 12. The Kier molecular flexibility index (Phi) is 24.1. The number of H-pyrrole nitrogens is 2. The standard InChI is InChI=1S/C102H53F24N12O2/c103-77-49(41-133-27-7-1-8-28-133)78(104)90(116)71(89(77)115)65-47-39-63(131-101(47)139)69(75-97(123)85(111)53(86(112)98(75)124)45-137-35-15-5-16-36-137)61-25-24-60(130-61)68(74-95(121)83(109)52(84(110)96(74)122)44-136-33-13-4-14-34-136)58-22-20-56(128-58)66(72-91(117)79(105)50(80(106)92(72)118)42-134-29-9-2-10-30-134)48-40-64(132-102(48)140)70(76-99(125)87(113)54(88(114)100(76)126)46-138-37-17-6-18-38-138)62-26-23-59(129-62)67(57-21-19-55(65)127-57)73-93(119)81(107)51(82(108)94(73)120)43-135-31-11-3-12-32-135/h1-40H,41-46H2,(H-3,127,128,129,130,131,132,139,140)/q+3/p+2. The predicted octanol–water partition coefficient (Wildman–Crippen LogP) is 20.6. The van der Waals surface area contributed by atoms with Crippen molar-refractivity contribution in [2.75, 3.05) is 0 Å². The summed E-state index contributed by atoms with van der Waals surface area (Å²) in [6, 6.07) is 27.4. The van der Waals surface area contributed by atoms with E-state index in [0.29, 0.717) is 54.6 Å². The van der Waals surface area contributed by atoms with Crippen LogP contribution in [0.4, 0.5) is 105 Å². The van der Waals surface area contributed by atoms with Gasteiger partial charge in [0, 0.05) is 134 Å². The Morgan fingerprint density at radius 3 is 0.736 bits per heavy atom. The van der Waals surface area contributed by atoms with Crippen LogP contribution < -0.4 is 37.7 Å². The zero-order valence-corrected chi connectivity index (χ0v) is 70.7. The molecule has 10 aromatic heterocycles. The topological polar surface area (TPSA) is 144 Å². The summed E-state index contributed by atoms with van der Waals surface area (Å²) in [5.74, 6) is -59.9. The lowest BCUT2D eigenvalue weighted by atomic mass is 9.96. The summed E-state index contributed by atoms with van der Waals surface area (Å²) in [4.78, 5) is 37.0. The Bertz CT molecular complexity index is 8270. The molecule has 0 spiro atoms. The van der Waals surface area contributed by atoms with Crippen molar-refractivity contribution in [3.63, 3.8) is 0 Å². The van der Waals surface area contributed by atoms with E-state index in [1.54, 1.807) is 0 Å². The zero-order valence-electron chi connectivity index (χ0n) is 70.7. The highest BCUT2D eigenvalue weighted by Crippen LogP contribution is 2.48. The third kappa shape index (κ3) is 15.9. The van der Waals surface area contributed by atoms with Crippen molar-refractivity contribution in [2.24, 2.45) is 4.99 Å². The number of halogens is 24. The third-order valence-corrected chi connectivity index (χ3v) is 23.6. The van der Waals surface area contributed by atoms with Crippen molar-refractivity contribution >= 4 is 63.2 Å². The summed E-state index contributed by atoms with van der Waals surface area (Å²) in [5, 5.41) is 9.88. The maximum absolute atomic E-state index is 18.1. The minimum atomic E-state index is -2.46. The minimum Gasteiger partial charge on any atom is -0.627 e. The number of nitrogens with one attached hydrogen (secondary N) is 2. The zero-order chi connectivity index (χ0) is 98.6. The number of carbonyl (C=O) groups excluding carboxylic acids is 1. The van der Waals surface area contributed by atoms with Gasteiger partial charge in [-0.15, -0.1) is 5.52 Å². The van der Waals surface area contributed by atoms with Gasteiger partial charge < -0.3 is 20.1 Å². The quantitative estimate of drug-likeness (QED) is 0.0445. The lowest BCUT2D eigenvalue weighted by Crippen LogP contribution is -2.34. The molecule has 0 saturated carbocycles. The van der Waals surface area contributed by atoms with Crippen molar-refractivity contribution in [3.8, 4) is 72.6 Å². The first-order valence-corrected chi connectivity index (χ1v) is 41.7. The Labute approximate surface area is 770 Å². The Hall–Kier alpha value is -17.0. The van der Waals surface area contributed by atoms with E-state index in [1.807, 2.05) is 0 Å². The number of aromatic nitrogens is 11. The largest absolute Gasteiger partial charge is 0.627 e. The van der Waals surface area contributed by atoms with E-state index < -0.39 is 357 Å². The highest BCUT2D eigenvalue weighted by molar-refractivity contribution is 6.08. The summed E-state index contributed by atoms with van der Waals surface area (Å²) in [7, 11) is 0. The van der Waals surface area contributed by atoms with Crippen LogP contribution in [-0.4, -0.2) is 30.9 Å². The summed E-state index contributed by atoms with van der Waals surface area (Å²) >= 11 is 0. The van der Waals surface area contributed by atoms with Crippen molar-refractivity contribution in [1.82, 2.24) is 24.9 Å². The number of hydrogen-bond acceptors (Lipinski definition) is 4. The number of aromatic hydroxyl groups is 1. The number of rotatable bonds is 18. The average molecular weight is 1940 g/mol. The Morgan fingerprint density at radius 2 is 0.464 bits per heavy atom. The first-order chi connectivity index (χ1) is 67.3. The van der Waals surface area contributed by atoms with Crippen molar-refractivity contribution in [3.05, 3.63) is 427 Å². The number of benzene rings is 6. The Morgan fingerprint density at radius 1 is 0.250 bits per heavy atom. The molecule has 6 aromatic carbocycles. The molecule has 140 heavy (non-hydrogen) atoms. The number of amides is 1. The predicted molar refractivity (Wildman–Crippen MR) is 454 cm³/mol. The van der Waals surface area contributed by atoms with Crippen LogP contribution in [0.2, 0.25) is 0 Å². The summed E-state index contributed by atoms with van der Waals surface area (Å²) in [5.41, 5.74) is -41.3. The Balaban J connectivity index is 1.04. The maximum atomic E-state index is 18.1. The first-order valence-electron chi connectivity index (χ1n) is 41.7. The fourth-order valence-electron chi connectivity index (χ4n) is 17.0. The fraction of sp³-hybridized carbons (Fsp3) is 0.0588. The molecule has 14 nitrogen and oxygen atoms in total. The molecule has 19 rings (SSSR count). The molecule has 698 valence electrons. The van der Waals surface area contributed by atoms with Crippen LogP contribution in [0.5, 0.6) is 5.88 Å². The minimum absolute atomic E-state index is 0.269. The molecule has 3 aliphatic heterocycles. The van der Waals surface area contributed by atoms with Gasteiger partial charge in [0.2, 0.25) is 0 Å². The smallest absolute Gasteiger partial charge is 0.278 e. The number of nitrogens with zero attached hydrogens (tertiary/aromatic N) is 10. The van der Waals surface area contributed by atoms with Gasteiger partial charge in [0.25, 0.3) is 5.91 Å². The van der Waals surface area contributed by atoms with Crippen molar-refractivity contribution in [1.29, 1.82) is 0 Å². The van der Waals surface area contributed by atoms with Gasteiger partial charge in [-0.05, 0) is 60.2 Å². The molecule has 0 unspecified atom stereocenters. The van der Waals surface area contributed by atoms with Crippen LogP contribution in [0.15, 0.2) is 225 Å². The van der Waals surface area contributed by atoms with Crippen molar-refractivity contribution < 1.29 is 143 Å². The van der Waals surface area contributed by atoms with Gasteiger partial charge in [0.05, 0.1) is 100 Å². The van der Waals surface area contributed by atoms with Gasteiger partial charge >= 0.3 is 0 Å².